The third-order valence-electron chi connectivity index (χ3n) is 5.09. The van der Waals surface area contributed by atoms with Crippen molar-refractivity contribution in [2.75, 3.05) is 0 Å². The highest BCUT2D eigenvalue weighted by Gasteiger charge is 2.26. The number of allylic oxidation sites excluding steroid dienone is 1. The van der Waals surface area contributed by atoms with E-state index in [0.717, 1.165) is 12.3 Å². The molecular weight excluding hydrogens is 401 g/mol. The SMILES string of the molecule is CC=C(N[C@H](C)C1=Cc2ccccc2[C@H](c2ccc(Cl)c(Cl)c2)C1)OC(C)(C)C. The second kappa shape index (κ2) is 8.85. The molecule has 29 heavy (non-hydrogen) atoms. The number of fused-ring (bicyclic) bond motifs is 1. The van der Waals surface area contributed by atoms with Crippen molar-refractivity contribution in [3.63, 3.8) is 0 Å². The molecule has 0 bridgehead atoms. The summed E-state index contributed by atoms with van der Waals surface area (Å²) in [6, 6.07) is 14.7. The fourth-order valence-electron chi connectivity index (χ4n) is 3.70. The Bertz CT molecular complexity index is 940. The lowest BCUT2D eigenvalue weighted by molar-refractivity contribution is 0.0385. The van der Waals surface area contributed by atoms with Gasteiger partial charge in [-0.3, -0.25) is 0 Å². The van der Waals surface area contributed by atoms with Gasteiger partial charge in [0.2, 0.25) is 0 Å². The van der Waals surface area contributed by atoms with Gasteiger partial charge in [0.05, 0.1) is 10.0 Å². The third kappa shape index (κ3) is 5.38. The maximum atomic E-state index is 6.33. The van der Waals surface area contributed by atoms with Crippen molar-refractivity contribution in [2.45, 2.75) is 58.6 Å². The van der Waals surface area contributed by atoms with Crippen molar-refractivity contribution in [3.8, 4) is 0 Å². The number of nitrogens with one attached hydrogen (secondary N) is 1. The van der Waals surface area contributed by atoms with E-state index < -0.39 is 0 Å². The number of halogens is 2. The number of benzene rings is 2. The molecule has 1 N–H and O–H groups in total. The van der Waals surface area contributed by atoms with Crippen molar-refractivity contribution < 1.29 is 4.74 Å². The molecule has 0 radical (unpaired) electrons. The van der Waals surface area contributed by atoms with Crippen molar-refractivity contribution in [1.29, 1.82) is 0 Å². The summed E-state index contributed by atoms with van der Waals surface area (Å²) in [5.41, 5.74) is 4.83. The van der Waals surface area contributed by atoms with E-state index in [1.807, 2.05) is 25.1 Å². The summed E-state index contributed by atoms with van der Waals surface area (Å²) in [7, 11) is 0. The van der Waals surface area contributed by atoms with Gasteiger partial charge in [0.15, 0.2) is 5.88 Å². The van der Waals surface area contributed by atoms with Crippen molar-refractivity contribution >= 4 is 29.3 Å². The van der Waals surface area contributed by atoms with Crippen LogP contribution >= 0.6 is 23.2 Å². The lowest BCUT2D eigenvalue weighted by Crippen LogP contribution is -2.33. The average Bonchev–Trinajstić information content (AvgIpc) is 2.67. The minimum Gasteiger partial charge on any atom is -0.474 e. The van der Waals surface area contributed by atoms with Crippen LogP contribution in [0, 0.1) is 0 Å². The Labute approximate surface area is 184 Å². The fourth-order valence-corrected chi connectivity index (χ4v) is 4.01. The Kier molecular flexibility index (Phi) is 6.65. The van der Waals surface area contributed by atoms with Crippen LogP contribution in [-0.2, 0) is 4.74 Å². The van der Waals surface area contributed by atoms with Gasteiger partial charge in [-0.1, -0.05) is 59.6 Å². The maximum Gasteiger partial charge on any atom is 0.183 e. The summed E-state index contributed by atoms with van der Waals surface area (Å²) in [5, 5.41) is 4.72. The van der Waals surface area contributed by atoms with Crippen LogP contribution in [0.3, 0.4) is 0 Å². The minimum absolute atomic E-state index is 0.141. The van der Waals surface area contributed by atoms with Crippen molar-refractivity contribution in [1.82, 2.24) is 5.32 Å². The van der Waals surface area contributed by atoms with E-state index in [-0.39, 0.29) is 17.6 Å². The molecule has 1 aliphatic rings. The highest BCUT2D eigenvalue weighted by molar-refractivity contribution is 6.42. The summed E-state index contributed by atoms with van der Waals surface area (Å²) in [5.74, 6) is 1.04. The van der Waals surface area contributed by atoms with Crippen LogP contribution in [0.1, 0.15) is 63.6 Å². The van der Waals surface area contributed by atoms with Gasteiger partial charge < -0.3 is 10.1 Å². The van der Waals surface area contributed by atoms with Crippen LogP contribution in [0.25, 0.3) is 6.08 Å². The van der Waals surface area contributed by atoms with Crippen LogP contribution in [0.5, 0.6) is 0 Å². The van der Waals surface area contributed by atoms with Gasteiger partial charge >= 0.3 is 0 Å². The molecule has 154 valence electrons. The van der Waals surface area contributed by atoms with Crippen LogP contribution in [0.15, 0.2) is 60.0 Å². The van der Waals surface area contributed by atoms with E-state index in [2.05, 4.69) is 69.4 Å². The van der Waals surface area contributed by atoms with Gasteiger partial charge in [0.1, 0.15) is 5.60 Å². The minimum atomic E-state index is -0.245. The molecule has 0 fully saturated rings. The first-order valence-electron chi connectivity index (χ1n) is 10.0. The Morgan fingerprint density at radius 2 is 1.86 bits per heavy atom. The van der Waals surface area contributed by atoms with E-state index in [9.17, 15) is 0 Å². The Balaban J connectivity index is 1.91. The quantitative estimate of drug-likeness (QED) is 0.494. The Morgan fingerprint density at radius 3 is 2.52 bits per heavy atom. The van der Waals surface area contributed by atoms with E-state index in [0.29, 0.717) is 10.0 Å². The van der Waals surface area contributed by atoms with E-state index in [4.69, 9.17) is 27.9 Å². The molecule has 2 aromatic carbocycles. The first-order chi connectivity index (χ1) is 13.7. The van der Waals surface area contributed by atoms with Gasteiger partial charge in [-0.05, 0) is 81.5 Å². The van der Waals surface area contributed by atoms with Crippen LogP contribution < -0.4 is 5.32 Å². The number of hydrogen-bond donors (Lipinski definition) is 1. The average molecular weight is 430 g/mol. The van der Waals surface area contributed by atoms with Gasteiger partial charge in [-0.15, -0.1) is 0 Å². The van der Waals surface area contributed by atoms with Crippen LogP contribution in [0.4, 0.5) is 0 Å². The standard InChI is InChI=1S/C25H29Cl2NO/c1-6-24(29-25(3,4)5)28-16(2)19-13-17-9-7-8-10-20(17)21(14-19)18-11-12-22(26)23(27)15-18/h6-13,15-16,21,28H,14H2,1-5H3/t16-,21+/m1/s1. The van der Waals surface area contributed by atoms with Gasteiger partial charge in [0.25, 0.3) is 0 Å². The lowest BCUT2D eigenvalue weighted by Gasteiger charge is -2.31. The Morgan fingerprint density at radius 1 is 1.14 bits per heavy atom. The summed E-state index contributed by atoms with van der Waals surface area (Å²) >= 11 is 12.5. The maximum absolute atomic E-state index is 6.33. The first-order valence-corrected chi connectivity index (χ1v) is 10.8. The van der Waals surface area contributed by atoms with E-state index in [1.54, 1.807) is 0 Å². The predicted octanol–water partition coefficient (Wildman–Crippen LogP) is 7.57. The molecule has 0 saturated carbocycles. The van der Waals surface area contributed by atoms with Crippen LogP contribution in [-0.4, -0.2) is 11.6 Å². The number of hydrogen-bond acceptors (Lipinski definition) is 2. The molecule has 0 amide bonds. The molecule has 1 aliphatic carbocycles. The smallest absolute Gasteiger partial charge is 0.183 e. The molecule has 0 unspecified atom stereocenters. The Hall–Kier alpha value is -1.90. The van der Waals surface area contributed by atoms with E-state index >= 15 is 0 Å². The number of rotatable bonds is 5. The molecule has 3 rings (SSSR count). The summed E-state index contributed by atoms with van der Waals surface area (Å²) in [4.78, 5) is 0. The topological polar surface area (TPSA) is 21.3 Å². The van der Waals surface area contributed by atoms with Gasteiger partial charge in [0, 0.05) is 12.0 Å². The molecule has 0 heterocycles. The molecular formula is C25H29Cl2NO. The highest BCUT2D eigenvalue weighted by Crippen LogP contribution is 2.40. The molecule has 2 aromatic rings. The van der Waals surface area contributed by atoms with Crippen LogP contribution in [0.2, 0.25) is 10.0 Å². The normalized spacial score (nSPS) is 18.0. The molecule has 2 nitrogen and oxygen atoms in total. The fraction of sp³-hybridized carbons (Fsp3) is 0.360. The van der Waals surface area contributed by atoms with E-state index in [1.165, 1.54) is 22.3 Å². The first kappa shape index (κ1) is 21.8. The third-order valence-corrected chi connectivity index (χ3v) is 5.83. The van der Waals surface area contributed by atoms with Gasteiger partial charge in [-0.2, -0.15) is 0 Å². The molecule has 0 aromatic heterocycles. The number of ether oxygens (including phenoxy) is 1. The predicted molar refractivity (Wildman–Crippen MR) is 125 cm³/mol. The highest BCUT2D eigenvalue weighted by atomic mass is 35.5. The largest absolute Gasteiger partial charge is 0.474 e. The summed E-state index contributed by atoms with van der Waals surface area (Å²) in [6.45, 7) is 10.3. The molecule has 0 saturated heterocycles. The zero-order valence-corrected chi connectivity index (χ0v) is 19.2. The van der Waals surface area contributed by atoms with Crippen molar-refractivity contribution in [3.05, 3.63) is 86.7 Å². The lowest BCUT2D eigenvalue weighted by atomic mass is 9.77. The second-order valence-electron chi connectivity index (χ2n) is 8.51. The molecule has 4 heteroatoms. The molecule has 0 spiro atoms. The summed E-state index contributed by atoms with van der Waals surface area (Å²) in [6.07, 6.45) is 5.19. The molecule has 0 aliphatic heterocycles. The van der Waals surface area contributed by atoms with Gasteiger partial charge in [-0.25, -0.2) is 0 Å². The zero-order valence-electron chi connectivity index (χ0n) is 17.7. The van der Waals surface area contributed by atoms with Crippen molar-refractivity contribution in [2.24, 2.45) is 0 Å². The molecule has 2 atom stereocenters. The monoisotopic (exact) mass is 429 g/mol. The summed E-state index contributed by atoms with van der Waals surface area (Å²) < 4.78 is 6.05. The second-order valence-corrected chi connectivity index (χ2v) is 9.33. The zero-order chi connectivity index (χ0) is 21.2.